The molecule has 0 aliphatic heterocycles. The average Bonchev–Trinajstić information content (AvgIpc) is 3.13. The molecule has 2 aromatic rings. The third-order valence-corrected chi connectivity index (χ3v) is 5.65. The molecule has 2 unspecified atom stereocenters. The highest BCUT2D eigenvalue weighted by Gasteiger charge is 2.37. The molecule has 0 aromatic heterocycles. The molecule has 35 heavy (non-hydrogen) atoms. The molecule has 1 aliphatic rings. The van der Waals surface area contributed by atoms with Crippen molar-refractivity contribution in [2.45, 2.75) is 37.1 Å². The van der Waals surface area contributed by atoms with Crippen molar-refractivity contribution in [2.75, 3.05) is 20.3 Å². The van der Waals surface area contributed by atoms with Crippen molar-refractivity contribution in [1.82, 2.24) is 10.6 Å². The summed E-state index contributed by atoms with van der Waals surface area (Å²) >= 11 is 0. The van der Waals surface area contributed by atoms with Crippen LogP contribution < -0.4 is 10.6 Å². The first-order valence-corrected chi connectivity index (χ1v) is 10.8. The second kappa shape index (κ2) is 11.2. The van der Waals surface area contributed by atoms with E-state index in [9.17, 15) is 27.6 Å². The molecular weight excluding hydrogens is 469 g/mol. The SMILES string of the molecule is COC(CCNC(=O)OCC1c2ccccc2-c2ccccc21)C(=O)NC(CC(F)(F)F)C(=O)O. The van der Waals surface area contributed by atoms with E-state index in [1.54, 1.807) is 0 Å². The third-order valence-electron chi connectivity index (χ3n) is 5.65. The van der Waals surface area contributed by atoms with Gasteiger partial charge in [0, 0.05) is 26.0 Å². The molecule has 8 nitrogen and oxygen atoms in total. The van der Waals surface area contributed by atoms with Crippen LogP contribution in [0.2, 0.25) is 0 Å². The summed E-state index contributed by atoms with van der Waals surface area (Å²) in [6.45, 7) is 0.00535. The number of methoxy groups -OCH3 is 1. The van der Waals surface area contributed by atoms with Gasteiger partial charge in [0.05, 0.1) is 6.42 Å². The second-order valence-electron chi connectivity index (χ2n) is 7.98. The molecule has 11 heteroatoms. The molecule has 2 amide bonds. The Kier molecular flexibility index (Phi) is 8.34. The number of aliphatic carboxylic acids is 1. The van der Waals surface area contributed by atoms with Crippen LogP contribution in [-0.2, 0) is 19.1 Å². The lowest BCUT2D eigenvalue weighted by Gasteiger charge is -2.20. The summed E-state index contributed by atoms with van der Waals surface area (Å²) in [7, 11) is 1.15. The first kappa shape index (κ1) is 26.0. The number of ether oxygens (including phenoxy) is 2. The van der Waals surface area contributed by atoms with Crippen LogP contribution in [0.1, 0.15) is 29.9 Å². The maximum atomic E-state index is 12.5. The number of carbonyl (C=O) groups is 3. The van der Waals surface area contributed by atoms with E-state index in [1.165, 1.54) is 0 Å². The highest BCUT2D eigenvalue weighted by Crippen LogP contribution is 2.44. The van der Waals surface area contributed by atoms with Gasteiger partial charge in [-0.15, -0.1) is 0 Å². The van der Waals surface area contributed by atoms with Crippen LogP contribution in [0.15, 0.2) is 48.5 Å². The fourth-order valence-electron chi connectivity index (χ4n) is 4.01. The van der Waals surface area contributed by atoms with E-state index in [4.69, 9.17) is 14.6 Å². The first-order valence-electron chi connectivity index (χ1n) is 10.8. The maximum absolute atomic E-state index is 12.5. The van der Waals surface area contributed by atoms with Gasteiger partial charge in [0.2, 0.25) is 5.91 Å². The van der Waals surface area contributed by atoms with Crippen molar-refractivity contribution in [3.8, 4) is 11.1 Å². The van der Waals surface area contributed by atoms with Gasteiger partial charge in [0.1, 0.15) is 18.8 Å². The molecule has 3 rings (SSSR count). The van der Waals surface area contributed by atoms with Gasteiger partial charge in [0.25, 0.3) is 0 Å². The fourth-order valence-corrected chi connectivity index (χ4v) is 4.01. The van der Waals surface area contributed by atoms with E-state index in [0.717, 1.165) is 29.4 Å². The van der Waals surface area contributed by atoms with E-state index in [0.29, 0.717) is 0 Å². The number of carbonyl (C=O) groups excluding carboxylic acids is 2. The van der Waals surface area contributed by atoms with Crippen molar-refractivity contribution < 1.29 is 42.1 Å². The zero-order valence-corrected chi connectivity index (χ0v) is 18.8. The number of hydrogen-bond acceptors (Lipinski definition) is 5. The molecule has 2 aromatic carbocycles. The minimum absolute atomic E-state index is 0.0837. The van der Waals surface area contributed by atoms with Crippen LogP contribution in [0.4, 0.5) is 18.0 Å². The quantitative estimate of drug-likeness (QED) is 0.466. The molecular formula is C24H25F3N2O6. The summed E-state index contributed by atoms with van der Waals surface area (Å²) < 4.78 is 47.9. The van der Waals surface area contributed by atoms with E-state index in [-0.39, 0.29) is 25.5 Å². The molecule has 0 spiro atoms. The molecule has 0 radical (unpaired) electrons. The monoisotopic (exact) mass is 494 g/mol. The smallest absolute Gasteiger partial charge is 0.407 e. The fraction of sp³-hybridized carbons (Fsp3) is 0.375. The summed E-state index contributed by atoms with van der Waals surface area (Å²) in [5, 5.41) is 13.2. The van der Waals surface area contributed by atoms with Crippen molar-refractivity contribution in [3.63, 3.8) is 0 Å². The van der Waals surface area contributed by atoms with E-state index < -0.39 is 42.7 Å². The van der Waals surface area contributed by atoms with E-state index in [1.807, 2.05) is 53.8 Å². The Balaban J connectivity index is 1.49. The number of carboxylic acid groups (broad SMARTS) is 1. The second-order valence-corrected chi connectivity index (χ2v) is 7.98. The number of carboxylic acids is 1. The molecule has 2 atom stereocenters. The topological polar surface area (TPSA) is 114 Å². The van der Waals surface area contributed by atoms with Crippen molar-refractivity contribution in [2.24, 2.45) is 0 Å². The van der Waals surface area contributed by atoms with Crippen molar-refractivity contribution >= 4 is 18.0 Å². The zero-order chi connectivity index (χ0) is 25.6. The number of benzene rings is 2. The van der Waals surface area contributed by atoms with Crippen LogP contribution in [0, 0.1) is 0 Å². The molecule has 0 heterocycles. The van der Waals surface area contributed by atoms with E-state index in [2.05, 4.69) is 5.32 Å². The lowest BCUT2D eigenvalue weighted by molar-refractivity contribution is -0.161. The van der Waals surface area contributed by atoms with Crippen LogP contribution in [0.25, 0.3) is 11.1 Å². The zero-order valence-electron chi connectivity index (χ0n) is 18.8. The number of fused-ring (bicyclic) bond motifs is 3. The lowest BCUT2D eigenvalue weighted by Crippen LogP contribution is -2.48. The molecule has 0 saturated carbocycles. The standard InChI is InChI=1S/C24H25F3N2O6/c1-34-20(21(30)29-19(22(31)32)12-24(25,26)27)10-11-28-23(33)35-13-18-16-8-4-2-6-14(16)15-7-3-5-9-17(15)18/h2-9,18-20H,10-13H2,1H3,(H,28,33)(H,29,30)(H,31,32). The van der Waals surface area contributed by atoms with Gasteiger partial charge in [-0.2, -0.15) is 13.2 Å². The van der Waals surface area contributed by atoms with Gasteiger partial charge in [-0.25, -0.2) is 9.59 Å². The Morgan fingerprint density at radius 2 is 1.60 bits per heavy atom. The number of alkyl carbamates (subject to hydrolysis) is 1. The van der Waals surface area contributed by atoms with Gasteiger partial charge >= 0.3 is 18.2 Å². The van der Waals surface area contributed by atoms with Crippen molar-refractivity contribution in [3.05, 3.63) is 59.7 Å². The Hall–Kier alpha value is -3.60. The van der Waals surface area contributed by atoms with Crippen LogP contribution in [0.5, 0.6) is 0 Å². The highest BCUT2D eigenvalue weighted by molar-refractivity contribution is 5.86. The summed E-state index contributed by atoms with van der Waals surface area (Å²) in [6, 6.07) is 13.5. The summed E-state index contributed by atoms with van der Waals surface area (Å²) in [5.41, 5.74) is 4.25. The maximum Gasteiger partial charge on any atom is 0.407 e. The number of alkyl halides is 3. The Morgan fingerprint density at radius 3 is 2.11 bits per heavy atom. The van der Waals surface area contributed by atoms with Gasteiger partial charge in [-0.3, -0.25) is 4.79 Å². The van der Waals surface area contributed by atoms with Crippen molar-refractivity contribution in [1.29, 1.82) is 0 Å². The van der Waals surface area contributed by atoms with Gasteiger partial charge in [-0.1, -0.05) is 48.5 Å². The lowest BCUT2D eigenvalue weighted by atomic mass is 9.98. The summed E-state index contributed by atoms with van der Waals surface area (Å²) in [4.78, 5) is 35.4. The Morgan fingerprint density at radius 1 is 1.03 bits per heavy atom. The molecule has 0 fully saturated rings. The number of hydrogen-bond donors (Lipinski definition) is 3. The normalized spacial score (nSPS) is 14.4. The predicted molar refractivity (Wildman–Crippen MR) is 119 cm³/mol. The van der Waals surface area contributed by atoms with Gasteiger partial charge < -0.3 is 25.2 Å². The number of halogens is 3. The van der Waals surface area contributed by atoms with Gasteiger partial charge in [-0.05, 0) is 22.3 Å². The summed E-state index contributed by atoms with van der Waals surface area (Å²) in [6.07, 6.45) is -8.60. The Bertz CT molecular complexity index is 1030. The molecule has 188 valence electrons. The Labute approximate surface area is 199 Å². The van der Waals surface area contributed by atoms with Gasteiger partial charge in [0.15, 0.2) is 0 Å². The highest BCUT2D eigenvalue weighted by atomic mass is 19.4. The van der Waals surface area contributed by atoms with Crippen LogP contribution >= 0.6 is 0 Å². The molecule has 0 saturated heterocycles. The number of nitrogens with one attached hydrogen (secondary N) is 2. The predicted octanol–water partition coefficient (Wildman–Crippen LogP) is 3.45. The minimum Gasteiger partial charge on any atom is -0.480 e. The van der Waals surface area contributed by atoms with Crippen LogP contribution in [-0.4, -0.2) is 61.7 Å². The molecule has 3 N–H and O–H groups in total. The molecule has 0 bridgehead atoms. The number of rotatable bonds is 10. The number of amides is 2. The largest absolute Gasteiger partial charge is 0.480 e. The minimum atomic E-state index is -4.77. The van der Waals surface area contributed by atoms with E-state index >= 15 is 0 Å². The summed E-state index contributed by atoms with van der Waals surface area (Å²) in [5.74, 6) is -2.98. The average molecular weight is 494 g/mol. The van der Waals surface area contributed by atoms with Crippen LogP contribution in [0.3, 0.4) is 0 Å². The first-order chi connectivity index (χ1) is 16.6. The molecule has 1 aliphatic carbocycles. The third kappa shape index (κ3) is 6.72.